The Morgan fingerprint density at radius 3 is 2.44 bits per heavy atom. The van der Waals surface area contributed by atoms with Crippen LogP contribution < -0.4 is 5.32 Å². The molecular weight excluding hydrogens is 216 g/mol. The van der Waals surface area contributed by atoms with Crippen LogP contribution in [0.1, 0.15) is 52.9 Å². The normalized spacial score (nSPS) is 28.8. The van der Waals surface area contributed by atoms with E-state index >= 15 is 0 Å². The quantitative estimate of drug-likeness (QED) is 0.814. The molecular formula is C13H24N2S. The molecule has 0 spiro atoms. The van der Waals surface area contributed by atoms with E-state index in [1.807, 2.05) is 11.8 Å². The number of hydrogen-bond acceptors (Lipinski definition) is 2. The van der Waals surface area contributed by atoms with Crippen LogP contribution in [0.25, 0.3) is 0 Å². The number of nitrogens with zero attached hydrogens (tertiary/aromatic N) is 1. The Morgan fingerprint density at radius 2 is 2.00 bits per heavy atom. The maximum atomic E-state index is 4.78. The second-order valence-corrected chi connectivity index (χ2v) is 6.65. The van der Waals surface area contributed by atoms with E-state index in [1.54, 1.807) is 0 Å². The maximum Gasteiger partial charge on any atom is 0.157 e. The standard InChI is InChI=1S/C13H24N2S/c1-4-13(5-2)10-16-11(15-13)14-9-12(3)7-6-8-12/h4-10H2,1-3H3,(H,14,15). The molecule has 2 nitrogen and oxygen atoms in total. The van der Waals surface area contributed by atoms with Gasteiger partial charge in [0.15, 0.2) is 5.17 Å². The lowest BCUT2D eigenvalue weighted by Crippen LogP contribution is -2.42. The highest BCUT2D eigenvalue weighted by Crippen LogP contribution is 2.40. The van der Waals surface area contributed by atoms with Crippen LogP contribution in [-0.4, -0.2) is 23.0 Å². The van der Waals surface area contributed by atoms with Crippen molar-refractivity contribution in [3.8, 4) is 0 Å². The maximum absolute atomic E-state index is 4.78. The Morgan fingerprint density at radius 1 is 1.31 bits per heavy atom. The summed E-state index contributed by atoms with van der Waals surface area (Å²) in [5.74, 6) is 1.19. The van der Waals surface area contributed by atoms with Crippen LogP contribution in [0.3, 0.4) is 0 Å². The largest absolute Gasteiger partial charge is 0.359 e. The van der Waals surface area contributed by atoms with Gasteiger partial charge in [0, 0.05) is 17.8 Å². The van der Waals surface area contributed by atoms with Crippen molar-refractivity contribution in [1.82, 2.24) is 5.32 Å². The summed E-state index contributed by atoms with van der Waals surface area (Å²) in [5.41, 5.74) is 0.836. The van der Waals surface area contributed by atoms with E-state index in [0.717, 1.165) is 6.54 Å². The summed E-state index contributed by atoms with van der Waals surface area (Å²) >= 11 is 1.91. The zero-order valence-corrected chi connectivity index (χ0v) is 11.6. The molecule has 0 bridgehead atoms. The van der Waals surface area contributed by atoms with Crippen LogP contribution in [0.4, 0.5) is 0 Å². The minimum absolute atomic E-state index is 0.323. The zero-order chi connectivity index (χ0) is 11.6. The fourth-order valence-electron chi connectivity index (χ4n) is 2.42. The lowest BCUT2D eigenvalue weighted by atomic mass is 9.71. The molecule has 0 unspecified atom stereocenters. The molecule has 1 heterocycles. The summed E-state index contributed by atoms with van der Waals surface area (Å²) in [5, 5.41) is 4.83. The zero-order valence-electron chi connectivity index (χ0n) is 10.8. The average molecular weight is 240 g/mol. The number of rotatable bonds is 4. The van der Waals surface area contributed by atoms with Gasteiger partial charge in [0.1, 0.15) is 0 Å². The predicted molar refractivity (Wildman–Crippen MR) is 73.2 cm³/mol. The molecule has 1 aliphatic heterocycles. The van der Waals surface area contributed by atoms with Gasteiger partial charge in [-0.15, -0.1) is 0 Å². The summed E-state index contributed by atoms with van der Waals surface area (Å²) in [4.78, 5) is 4.78. The molecule has 1 N–H and O–H groups in total. The first-order valence-electron chi connectivity index (χ1n) is 6.57. The molecule has 92 valence electrons. The number of aliphatic imine (C=N–C) groups is 1. The summed E-state index contributed by atoms with van der Waals surface area (Å²) in [6.07, 6.45) is 6.53. The molecule has 2 rings (SSSR count). The number of thioether (sulfide) groups is 1. The van der Waals surface area contributed by atoms with Gasteiger partial charge < -0.3 is 5.32 Å². The summed E-state index contributed by atoms with van der Waals surface area (Å²) < 4.78 is 0. The minimum Gasteiger partial charge on any atom is -0.359 e. The first kappa shape index (κ1) is 12.3. The monoisotopic (exact) mass is 240 g/mol. The van der Waals surface area contributed by atoms with Gasteiger partial charge in [0.05, 0.1) is 0 Å². The van der Waals surface area contributed by atoms with Gasteiger partial charge in [-0.1, -0.05) is 39.0 Å². The van der Waals surface area contributed by atoms with Crippen LogP contribution in [0.15, 0.2) is 4.99 Å². The van der Waals surface area contributed by atoms with Crippen molar-refractivity contribution in [2.75, 3.05) is 12.3 Å². The van der Waals surface area contributed by atoms with Crippen LogP contribution >= 0.6 is 11.8 Å². The molecule has 0 aromatic carbocycles. The van der Waals surface area contributed by atoms with Crippen molar-refractivity contribution in [2.45, 2.75) is 58.4 Å². The molecule has 0 amide bonds. The van der Waals surface area contributed by atoms with E-state index in [-0.39, 0.29) is 0 Å². The Balaban J connectivity index is 1.90. The van der Waals surface area contributed by atoms with E-state index in [1.165, 1.54) is 43.0 Å². The summed E-state index contributed by atoms with van der Waals surface area (Å²) in [6, 6.07) is 0. The van der Waals surface area contributed by atoms with Crippen molar-refractivity contribution >= 4 is 16.9 Å². The van der Waals surface area contributed by atoms with Crippen molar-refractivity contribution in [3.05, 3.63) is 0 Å². The van der Waals surface area contributed by atoms with Gasteiger partial charge in [-0.25, -0.2) is 0 Å². The third kappa shape index (κ3) is 2.39. The lowest BCUT2D eigenvalue weighted by molar-refractivity contribution is 0.174. The van der Waals surface area contributed by atoms with Crippen molar-refractivity contribution in [3.63, 3.8) is 0 Å². The number of nitrogens with one attached hydrogen (secondary N) is 1. The molecule has 3 heteroatoms. The molecule has 1 aliphatic carbocycles. The number of hydrogen-bond donors (Lipinski definition) is 1. The fourth-order valence-corrected chi connectivity index (χ4v) is 3.76. The third-order valence-corrected chi connectivity index (χ3v) is 5.58. The summed E-state index contributed by atoms with van der Waals surface area (Å²) in [6.45, 7) is 7.93. The van der Waals surface area contributed by atoms with E-state index in [0.29, 0.717) is 11.0 Å². The van der Waals surface area contributed by atoms with E-state index < -0.39 is 0 Å². The highest BCUT2D eigenvalue weighted by atomic mass is 32.2. The number of amidine groups is 1. The van der Waals surface area contributed by atoms with Crippen LogP contribution in [0, 0.1) is 5.41 Å². The second-order valence-electron chi connectivity index (χ2n) is 5.69. The first-order chi connectivity index (χ1) is 7.61. The molecule has 2 fully saturated rings. The SMILES string of the molecule is CCC1(CC)CSC(=NCC2(C)CCC2)N1. The topological polar surface area (TPSA) is 24.4 Å². The van der Waals surface area contributed by atoms with Crippen molar-refractivity contribution < 1.29 is 0 Å². The molecule has 0 aromatic rings. The van der Waals surface area contributed by atoms with Crippen LogP contribution in [0.5, 0.6) is 0 Å². The van der Waals surface area contributed by atoms with Crippen LogP contribution in [-0.2, 0) is 0 Å². The molecule has 0 aromatic heterocycles. The molecule has 0 atom stereocenters. The summed E-state index contributed by atoms with van der Waals surface area (Å²) in [7, 11) is 0. The minimum atomic E-state index is 0.323. The van der Waals surface area contributed by atoms with Crippen LogP contribution in [0.2, 0.25) is 0 Å². The highest BCUT2D eigenvalue weighted by molar-refractivity contribution is 8.14. The Kier molecular flexibility index (Phi) is 3.53. The van der Waals surface area contributed by atoms with E-state index in [9.17, 15) is 0 Å². The predicted octanol–water partition coefficient (Wildman–Crippen LogP) is 3.43. The Bertz CT molecular complexity index is 278. The Hall–Kier alpha value is -0.180. The fraction of sp³-hybridized carbons (Fsp3) is 0.923. The Labute approximate surface area is 104 Å². The molecule has 16 heavy (non-hydrogen) atoms. The third-order valence-electron chi connectivity index (χ3n) is 4.38. The van der Waals surface area contributed by atoms with E-state index in [4.69, 9.17) is 4.99 Å². The van der Waals surface area contributed by atoms with E-state index in [2.05, 4.69) is 26.1 Å². The highest BCUT2D eigenvalue weighted by Gasteiger charge is 2.35. The molecule has 1 saturated heterocycles. The average Bonchev–Trinajstić information content (AvgIpc) is 2.68. The first-order valence-corrected chi connectivity index (χ1v) is 7.55. The van der Waals surface area contributed by atoms with Crippen molar-refractivity contribution in [1.29, 1.82) is 0 Å². The lowest BCUT2D eigenvalue weighted by Gasteiger charge is -2.36. The van der Waals surface area contributed by atoms with Gasteiger partial charge in [0.25, 0.3) is 0 Å². The smallest absolute Gasteiger partial charge is 0.157 e. The van der Waals surface area contributed by atoms with Gasteiger partial charge in [-0.05, 0) is 31.1 Å². The molecule has 0 radical (unpaired) electrons. The molecule has 1 saturated carbocycles. The van der Waals surface area contributed by atoms with Gasteiger partial charge in [-0.3, -0.25) is 4.99 Å². The van der Waals surface area contributed by atoms with Crippen molar-refractivity contribution in [2.24, 2.45) is 10.4 Å². The second kappa shape index (κ2) is 4.59. The van der Waals surface area contributed by atoms with Gasteiger partial charge in [-0.2, -0.15) is 0 Å². The van der Waals surface area contributed by atoms with Gasteiger partial charge in [0.2, 0.25) is 0 Å². The van der Waals surface area contributed by atoms with Gasteiger partial charge >= 0.3 is 0 Å². The molecule has 2 aliphatic rings.